The number of allylic oxidation sites excluding steroid dienone is 8. The first-order valence-corrected chi connectivity index (χ1v) is 15.1. The van der Waals surface area contributed by atoms with Crippen LogP contribution < -0.4 is 29.6 Å². The molecule has 2 aliphatic rings. The van der Waals surface area contributed by atoms with Crippen LogP contribution in [0.4, 0.5) is 0 Å². The summed E-state index contributed by atoms with van der Waals surface area (Å²) < 4.78 is 64.3. The Labute approximate surface area is 222 Å². The van der Waals surface area contributed by atoms with Crippen LogP contribution in [0, 0.1) is 0 Å². The molecule has 0 aromatic heterocycles. The molecule has 0 radical (unpaired) electrons. The molecule has 0 unspecified atom stereocenters. The second-order valence-corrected chi connectivity index (χ2v) is 12.3. The second kappa shape index (κ2) is 15.1. The molecule has 1 fully saturated rings. The minimum absolute atomic E-state index is 0. The van der Waals surface area contributed by atoms with Gasteiger partial charge in [0.05, 0.1) is 25.3 Å². The summed E-state index contributed by atoms with van der Waals surface area (Å²) in [5.74, 6) is 1.27. The van der Waals surface area contributed by atoms with Gasteiger partial charge in [-0.15, -0.1) is 23.5 Å². The Kier molecular flexibility index (Phi) is 14.2. The van der Waals surface area contributed by atoms with Gasteiger partial charge in [-0.2, -0.15) is 0 Å². The van der Waals surface area contributed by atoms with E-state index in [2.05, 4.69) is 4.90 Å². The third kappa shape index (κ3) is 13.0. The topological polar surface area (TPSA) is 118 Å². The van der Waals surface area contributed by atoms with E-state index in [0.29, 0.717) is 25.8 Å². The van der Waals surface area contributed by atoms with Crippen molar-refractivity contribution in [2.45, 2.75) is 25.7 Å². The molecular formula is C20H27NNaO6S4-. The molecule has 0 aromatic rings. The van der Waals surface area contributed by atoms with Gasteiger partial charge in [0.2, 0.25) is 0 Å². The quantitative estimate of drug-likeness (QED) is 0.199. The number of thioether (sulfide) groups is 2. The Hall–Kier alpha value is 0.0200. The van der Waals surface area contributed by atoms with Crippen LogP contribution >= 0.6 is 23.5 Å². The summed E-state index contributed by atoms with van der Waals surface area (Å²) in [4.78, 5) is 3.24. The summed E-state index contributed by atoms with van der Waals surface area (Å²) in [6, 6.07) is 0. The van der Waals surface area contributed by atoms with Crippen molar-refractivity contribution in [1.29, 1.82) is 0 Å². The van der Waals surface area contributed by atoms with Crippen LogP contribution in [0.1, 0.15) is 25.7 Å². The fourth-order valence-electron chi connectivity index (χ4n) is 3.13. The smallest absolute Gasteiger partial charge is 0.748 e. The van der Waals surface area contributed by atoms with Gasteiger partial charge < -0.3 is 14.0 Å². The van der Waals surface area contributed by atoms with Crippen molar-refractivity contribution >= 4 is 43.8 Å². The molecule has 0 atom stereocenters. The van der Waals surface area contributed by atoms with Crippen LogP contribution in [0.15, 0.2) is 58.0 Å². The molecule has 0 bridgehead atoms. The molecule has 0 aromatic carbocycles. The van der Waals surface area contributed by atoms with Crippen LogP contribution in [-0.4, -0.2) is 66.9 Å². The SMILES string of the molecule is O=S(=O)([O-])CCCC1=C(C=CC=CC=CC=C2SCCN2CCCS(=O)(=O)[O-])SCC1.[Na+]. The maximum absolute atomic E-state index is 10.7. The first-order valence-electron chi connectivity index (χ1n) is 9.95. The van der Waals surface area contributed by atoms with Crippen molar-refractivity contribution in [1.82, 2.24) is 4.90 Å². The molecule has 12 heteroatoms. The average molecular weight is 529 g/mol. The van der Waals surface area contributed by atoms with Crippen molar-refractivity contribution in [3.05, 3.63) is 58.0 Å². The molecular weight excluding hydrogens is 501 g/mol. The van der Waals surface area contributed by atoms with Gasteiger partial charge in [0.15, 0.2) is 0 Å². The second-order valence-electron chi connectivity index (χ2n) is 7.02. The van der Waals surface area contributed by atoms with Gasteiger partial charge >= 0.3 is 29.6 Å². The largest absolute Gasteiger partial charge is 1.00 e. The molecule has 32 heavy (non-hydrogen) atoms. The molecule has 2 aliphatic heterocycles. The summed E-state index contributed by atoms with van der Waals surface area (Å²) >= 11 is 3.45. The summed E-state index contributed by atoms with van der Waals surface area (Å²) in [5.41, 5.74) is 1.21. The maximum atomic E-state index is 10.7. The molecule has 0 aliphatic carbocycles. The molecule has 1 saturated heterocycles. The first kappa shape index (κ1) is 30.1. The Balaban J connectivity index is 0.00000512. The molecule has 7 nitrogen and oxygen atoms in total. The van der Waals surface area contributed by atoms with E-state index in [1.54, 1.807) is 23.5 Å². The van der Waals surface area contributed by atoms with E-state index < -0.39 is 20.2 Å². The van der Waals surface area contributed by atoms with Crippen LogP contribution in [-0.2, 0) is 20.2 Å². The van der Waals surface area contributed by atoms with Crippen LogP contribution in [0.25, 0.3) is 0 Å². The van der Waals surface area contributed by atoms with Crippen molar-refractivity contribution in [3.63, 3.8) is 0 Å². The van der Waals surface area contributed by atoms with Crippen molar-refractivity contribution in [3.8, 4) is 0 Å². The zero-order chi connectivity index (χ0) is 22.7. The summed E-state index contributed by atoms with van der Waals surface area (Å²) in [5, 5.41) is 1.07. The monoisotopic (exact) mass is 528 g/mol. The Morgan fingerprint density at radius 3 is 2.25 bits per heavy atom. The minimum atomic E-state index is -4.16. The molecule has 2 heterocycles. The fraction of sp³-hybridized carbons (Fsp3) is 0.500. The van der Waals surface area contributed by atoms with Crippen molar-refractivity contribution < 1.29 is 55.5 Å². The first-order chi connectivity index (χ1) is 14.6. The number of hydrogen-bond donors (Lipinski definition) is 0. The van der Waals surface area contributed by atoms with Gasteiger partial charge in [0.1, 0.15) is 0 Å². The summed E-state index contributed by atoms with van der Waals surface area (Å²) in [7, 11) is -8.30. The van der Waals surface area contributed by atoms with Gasteiger partial charge in [0, 0.05) is 41.0 Å². The fourth-order valence-corrected chi connectivity index (χ4v) is 6.32. The standard InChI is InChI=1S/C20H29NO6S4.Na/c22-30(23,24)16-6-8-18-11-14-28-19(18)9-4-2-1-3-5-10-20-21(13-15-29-20)12-7-17-31(25,26)27;/h1-5,9-10H,6-8,11-17H2,(H,22,23,24)(H,25,26,27);/q;+1/p-2. The Morgan fingerprint density at radius 2 is 1.53 bits per heavy atom. The van der Waals surface area contributed by atoms with Gasteiger partial charge in [-0.3, -0.25) is 0 Å². The Bertz CT molecular complexity index is 968. The van der Waals surface area contributed by atoms with Crippen LogP contribution in [0.3, 0.4) is 0 Å². The predicted molar refractivity (Wildman–Crippen MR) is 127 cm³/mol. The van der Waals surface area contributed by atoms with Crippen molar-refractivity contribution in [2.75, 3.05) is 36.1 Å². The molecule has 2 rings (SSSR count). The molecule has 174 valence electrons. The van der Waals surface area contributed by atoms with E-state index in [1.807, 2.05) is 42.5 Å². The molecule has 0 N–H and O–H groups in total. The van der Waals surface area contributed by atoms with Gasteiger partial charge in [-0.1, -0.05) is 36.0 Å². The normalized spacial score (nSPS) is 19.3. The molecule has 0 spiro atoms. The maximum Gasteiger partial charge on any atom is 1.00 e. The van der Waals surface area contributed by atoms with E-state index in [-0.39, 0.29) is 41.1 Å². The number of rotatable bonds is 12. The van der Waals surface area contributed by atoms with Crippen LogP contribution in [0.2, 0.25) is 0 Å². The zero-order valence-electron chi connectivity index (χ0n) is 18.1. The van der Waals surface area contributed by atoms with Crippen molar-refractivity contribution in [2.24, 2.45) is 0 Å². The predicted octanol–water partition coefficient (Wildman–Crippen LogP) is 0.201. The summed E-state index contributed by atoms with van der Waals surface area (Å²) in [6.07, 6.45) is 15.9. The average Bonchev–Trinajstić information content (AvgIpc) is 3.28. The van der Waals surface area contributed by atoms with E-state index >= 15 is 0 Å². The van der Waals surface area contributed by atoms with E-state index in [0.717, 1.165) is 34.4 Å². The molecule has 0 saturated carbocycles. The third-order valence-corrected chi connectivity index (χ3v) is 8.36. The zero-order valence-corrected chi connectivity index (χ0v) is 23.4. The number of nitrogens with zero attached hydrogens (tertiary/aromatic N) is 1. The minimum Gasteiger partial charge on any atom is -0.748 e. The molecule has 0 amide bonds. The van der Waals surface area contributed by atoms with E-state index in [4.69, 9.17) is 0 Å². The Morgan fingerprint density at radius 1 is 0.875 bits per heavy atom. The van der Waals surface area contributed by atoms with Gasteiger partial charge in [-0.05, 0) is 37.8 Å². The number of hydrogen-bond acceptors (Lipinski definition) is 9. The third-order valence-electron chi connectivity index (χ3n) is 4.56. The van der Waals surface area contributed by atoms with Crippen LogP contribution in [0.5, 0.6) is 0 Å². The summed E-state index contributed by atoms with van der Waals surface area (Å²) in [6.45, 7) is 1.40. The van der Waals surface area contributed by atoms with Gasteiger partial charge in [-0.25, -0.2) is 16.8 Å². The van der Waals surface area contributed by atoms with E-state index in [1.165, 1.54) is 5.57 Å². The van der Waals surface area contributed by atoms with Gasteiger partial charge in [0.25, 0.3) is 0 Å². The van der Waals surface area contributed by atoms with E-state index in [9.17, 15) is 25.9 Å².